The van der Waals surface area contributed by atoms with E-state index in [9.17, 15) is 4.79 Å². The molecule has 0 radical (unpaired) electrons. The molecule has 0 aliphatic heterocycles. The van der Waals surface area contributed by atoms with Crippen molar-refractivity contribution in [3.63, 3.8) is 0 Å². The van der Waals surface area contributed by atoms with Gasteiger partial charge >= 0.3 is 0 Å². The van der Waals surface area contributed by atoms with E-state index in [1.807, 2.05) is 0 Å². The molecule has 1 heterocycles. The Hall–Kier alpha value is -1.68. The number of nitrogens with one attached hydrogen (secondary N) is 1. The Bertz CT molecular complexity index is 536. The molecule has 0 aliphatic carbocycles. The molecule has 15 heavy (non-hydrogen) atoms. The number of fused-ring (bicyclic) bond motifs is 1. The lowest BCUT2D eigenvalue weighted by molar-refractivity contribution is 0.415. The molecule has 1 aromatic carbocycles. The molecule has 0 aliphatic rings. The first-order chi connectivity index (χ1) is 6.70. The molecule has 0 atom stereocenters. The second-order valence-electron chi connectivity index (χ2n) is 3.00. The van der Waals surface area contributed by atoms with Crippen molar-refractivity contribution in [2.24, 2.45) is 0 Å². The highest BCUT2D eigenvalue weighted by Gasteiger charge is 2.01. The summed E-state index contributed by atoms with van der Waals surface area (Å²) in [6, 6.07) is 6.70. The van der Waals surface area contributed by atoms with Crippen molar-refractivity contribution in [3.8, 4) is 5.75 Å². The Kier molecular flexibility index (Phi) is 3.21. The second-order valence-corrected chi connectivity index (χ2v) is 3.00. The molecule has 0 saturated heterocycles. The number of methoxy groups -OCH3 is 1. The first kappa shape index (κ1) is 11.4. The van der Waals surface area contributed by atoms with Gasteiger partial charge in [-0.3, -0.25) is 4.79 Å². The molecule has 0 spiro atoms. The zero-order chi connectivity index (χ0) is 10.1. The highest BCUT2D eigenvalue weighted by molar-refractivity contribution is 5.90. The minimum atomic E-state index is -0.194. The van der Waals surface area contributed by atoms with Gasteiger partial charge in [0.15, 0.2) is 0 Å². The van der Waals surface area contributed by atoms with Crippen molar-refractivity contribution in [2.45, 2.75) is 0 Å². The molecular weight excluding hydrogens is 216 g/mol. The minimum Gasteiger partial charge on any atom is -0.497 e. The van der Waals surface area contributed by atoms with Crippen molar-refractivity contribution in [1.82, 2.24) is 4.98 Å². The van der Waals surface area contributed by atoms with Crippen LogP contribution in [0.5, 0.6) is 5.75 Å². The van der Waals surface area contributed by atoms with Crippen molar-refractivity contribution in [3.05, 3.63) is 34.6 Å². The quantitative estimate of drug-likeness (QED) is 0.775. The lowest BCUT2D eigenvalue weighted by Gasteiger charge is -2.03. The molecule has 1 aromatic heterocycles. The third-order valence-corrected chi connectivity index (χ3v) is 2.08. The van der Waals surface area contributed by atoms with Gasteiger partial charge in [0.25, 0.3) is 0 Å². The Balaban J connectivity index is 0.00000112. The number of rotatable bonds is 1. The highest BCUT2D eigenvalue weighted by Crippen LogP contribution is 2.22. The number of benzene rings is 1. The number of hydrogen-bond acceptors (Lipinski definition) is 3. The molecule has 5 heteroatoms. The largest absolute Gasteiger partial charge is 0.497 e. The summed E-state index contributed by atoms with van der Waals surface area (Å²) in [5, 5.41) is 0.795. The molecule has 0 amide bonds. The molecule has 0 unspecified atom stereocenters. The molecule has 80 valence electrons. The van der Waals surface area contributed by atoms with Crippen molar-refractivity contribution < 1.29 is 4.74 Å². The maximum atomic E-state index is 11.1. The van der Waals surface area contributed by atoms with Crippen LogP contribution in [0.15, 0.2) is 29.1 Å². The van der Waals surface area contributed by atoms with Gasteiger partial charge in [-0.25, -0.2) is 0 Å². The third kappa shape index (κ3) is 2.05. The molecular formula is C10H11ClN2O2. The Labute approximate surface area is 92.5 Å². The fourth-order valence-corrected chi connectivity index (χ4v) is 1.39. The summed E-state index contributed by atoms with van der Waals surface area (Å²) in [4.78, 5) is 13.8. The van der Waals surface area contributed by atoms with Crippen molar-refractivity contribution >= 4 is 29.0 Å². The van der Waals surface area contributed by atoms with Crippen LogP contribution in [0, 0.1) is 0 Å². The molecule has 0 saturated carbocycles. The summed E-state index contributed by atoms with van der Waals surface area (Å²) < 4.78 is 5.06. The standard InChI is InChI=1S/C10H10N2O2.ClH/c1-14-6-2-3-9-7(4-6)8(11)5-10(13)12-9;/h2-5H,1H3,(H3,11,12,13);1H. The van der Waals surface area contributed by atoms with Crippen LogP contribution in [0.3, 0.4) is 0 Å². The number of halogens is 1. The monoisotopic (exact) mass is 226 g/mol. The van der Waals surface area contributed by atoms with Gasteiger partial charge in [0.1, 0.15) is 5.75 Å². The van der Waals surface area contributed by atoms with Gasteiger partial charge in [0.05, 0.1) is 12.6 Å². The zero-order valence-electron chi connectivity index (χ0n) is 8.11. The van der Waals surface area contributed by atoms with Gasteiger partial charge in [-0.1, -0.05) is 0 Å². The van der Waals surface area contributed by atoms with E-state index in [1.165, 1.54) is 6.07 Å². The van der Waals surface area contributed by atoms with Crippen molar-refractivity contribution in [1.29, 1.82) is 0 Å². The van der Waals surface area contributed by atoms with Gasteiger partial charge in [-0.05, 0) is 18.2 Å². The van der Waals surface area contributed by atoms with Gasteiger partial charge in [0, 0.05) is 17.1 Å². The number of H-pyrrole nitrogens is 1. The Morgan fingerprint density at radius 2 is 2.07 bits per heavy atom. The van der Waals surface area contributed by atoms with Crippen LogP contribution in [0.4, 0.5) is 5.69 Å². The number of hydrogen-bond donors (Lipinski definition) is 2. The predicted molar refractivity (Wildman–Crippen MR) is 62.8 cm³/mol. The number of aromatic nitrogens is 1. The molecule has 3 N–H and O–H groups in total. The normalized spacial score (nSPS) is 9.67. The number of ether oxygens (including phenoxy) is 1. The van der Waals surface area contributed by atoms with E-state index >= 15 is 0 Å². The van der Waals surface area contributed by atoms with Gasteiger partial charge in [-0.15, -0.1) is 12.4 Å². The number of nitrogens with two attached hydrogens (primary N) is 1. The fraction of sp³-hybridized carbons (Fsp3) is 0.100. The van der Waals surface area contributed by atoms with E-state index in [0.29, 0.717) is 5.69 Å². The average Bonchev–Trinajstić information content (AvgIpc) is 2.17. The molecule has 0 bridgehead atoms. The topological polar surface area (TPSA) is 68.1 Å². The summed E-state index contributed by atoms with van der Waals surface area (Å²) in [6.45, 7) is 0. The highest BCUT2D eigenvalue weighted by atomic mass is 35.5. The van der Waals surface area contributed by atoms with Crippen LogP contribution in [-0.4, -0.2) is 12.1 Å². The predicted octanol–water partition coefficient (Wildman–Crippen LogP) is 1.54. The summed E-state index contributed by atoms with van der Waals surface area (Å²) >= 11 is 0. The lowest BCUT2D eigenvalue weighted by atomic mass is 10.2. The van der Waals surface area contributed by atoms with E-state index in [0.717, 1.165) is 16.7 Å². The molecule has 4 nitrogen and oxygen atoms in total. The van der Waals surface area contributed by atoms with Gasteiger partial charge in [-0.2, -0.15) is 0 Å². The summed E-state index contributed by atoms with van der Waals surface area (Å²) in [5.74, 6) is 0.719. The zero-order valence-corrected chi connectivity index (χ0v) is 8.93. The molecule has 2 rings (SSSR count). The summed E-state index contributed by atoms with van der Waals surface area (Å²) in [5.41, 5.74) is 6.69. The Morgan fingerprint density at radius 1 is 1.33 bits per heavy atom. The Morgan fingerprint density at radius 3 is 2.73 bits per heavy atom. The first-order valence-electron chi connectivity index (χ1n) is 4.17. The van der Waals surface area contributed by atoms with Crippen LogP contribution in [-0.2, 0) is 0 Å². The van der Waals surface area contributed by atoms with Crippen LogP contribution in [0.2, 0.25) is 0 Å². The minimum absolute atomic E-state index is 0. The number of nitrogen functional groups attached to an aromatic ring is 1. The average molecular weight is 227 g/mol. The van der Waals surface area contributed by atoms with Gasteiger partial charge in [0.2, 0.25) is 5.56 Å². The smallest absolute Gasteiger partial charge is 0.250 e. The second kappa shape index (κ2) is 4.23. The summed E-state index contributed by atoms with van der Waals surface area (Å²) in [7, 11) is 1.59. The van der Waals surface area contributed by atoms with E-state index in [4.69, 9.17) is 10.5 Å². The van der Waals surface area contributed by atoms with Crippen LogP contribution in [0.25, 0.3) is 10.9 Å². The fourth-order valence-electron chi connectivity index (χ4n) is 1.39. The number of pyridine rings is 1. The maximum Gasteiger partial charge on any atom is 0.250 e. The van der Waals surface area contributed by atoms with E-state index in [2.05, 4.69) is 4.98 Å². The van der Waals surface area contributed by atoms with E-state index in [1.54, 1.807) is 25.3 Å². The molecule has 2 aromatic rings. The lowest BCUT2D eigenvalue weighted by Crippen LogP contribution is -2.06. The maximum absolute atomic E-state index is 11.1. The van der Waals surface area contributed by atoms with E-state index in [-0.39, 0.29) is 18.0 Å². The SMILES string of the molecule is COc1ccc2[nH]c(=O)cc(N)c2c1.Cl. The van der Waals surface area contributed by atoms with Crippen LogP contribution >= 0.6 is 12.4 Å². The van der Waals surface area contributed by atoms with E-state index < -0.39 is 0 Å². The third-order valence-electron chi connectivity index (χ3n) is 2.08. The van der Waals surface area contributed by atoms with Gasteiger partial charge < -0.3 is 15.5 Å². The number of aromatic amines is 1. The van der Waals surface area contributed by atoms with Crippen LogP contribution in [0.1, 0.15) is 0 Å². The van der Waals surface area contributed by atoms with Crippen LogP contribution < -0.4 is 16.0 Å². The van der Waals surface area contributed by atoms with Crippen molar-refractivity contribution in [2.75, 3.05) is 12.8 Å². The molecule has 0 fully saturated rings. The summed E-state index contributed by atoms with van der Waals surface area (Å²) in [6.07, 6.45) is 0. The number of anilines is 1. The first-order valence-corrected chi connectivity index (χ1v) is 4.17.